The molecule has 6 heteroatoms. The molecule has 4 aromatic rings. The smallest absolute Gasteiger partial charge is 0.271 e. The molecular formula is C23H20ClN3O2. The predicted molar refractivity (Wildman–Crippen MR) is 115 cm³/mol. The first-order valence-corrected chi connectivity index (χ1v) is 9.66. The third kappa shape index (κ3) is 4.25. The molecule has 0 radical (unpaired) electrons. The average molecular weight is 406 g/mol. The van der Waals surface area contributed by atoms with Crippen molar-refractivity contribution in [2.75, 3.05) is 13.7 Å². The second-order valence-corrected chi connectivity index (χ2v) is 7.05. The van der Waals surface area contributed by atoms with Gasteiger partial charge in [-0.15, -0.1) is 0 Å². The van der Waals surface area contributed by atoms with Crippen molar-refractivity contribution < 1.29 is 9.53 Å². The minimum Gasteiger partial charge on any atom is -0.497 e. The summed E-state index contributed by atoms with van der Waals surface area (Å²) in [5, 5.41) is 3.61. The zero-order chi connectivity index (χ0) is 20.2. The lowest BCUT2D eigenvalue weighted by atomic mass is 10.1. The van der Waals surface area contributed by atoms with E-state index in [9.17, 15) is 4.79 Å². The van der Waals surface area contributed by atoms with Crippen LogP contribution in [0.15, 0.2) is 73.1 Å². The van der Waals surface area contributed by atoms with E-state index in [1.165, 1.54) is 0 Å². The quantitative estimate of drug-likeness (QED) is 0.508. The van der Waals surface area contributed by atoms with Crippen molar-refractivity contribution in [2.45, 2.75) is 6.42 Å². The fourth-order valence-electron chi connectivity index (χ4n) is 3.16. The largest absolute Gasteiger partial charge is 0.497 e. The first-order chi connectivity index (χ1) is 14.1. The number of carbonyl (C=O) groups is 1. The van der Waals surface area contributed by atoms with Crippen molar-refractivity contribution in [3.63, 3.8) is 0 Å². The number of amides is 1. The van der Waals surface area contributed by atoms with Gasteiger partial charge in [-0.1, -0.05) is 41.9 Å². The summed E-state index contributed by atoms with van der Waals surface area (Å²) < 4.78 is 7.00. The number of hydrogen-bond donors (Lipinski definition) is 1. The molecule has 0 fully saturated rings. The molecule has 2 heterocycles. The number of ether oxygens (including phenoxy) is 1. The molecule has 0 unspecified atom stereocenters. The number of rotatable bonds is 6. The molecule has 0 aliphatic heterocycles. The first kappa shape index (κ1) is 19.0. The normalized spacial score (nSPS) is 10.8. The maximum absolute atomic E-state index is 12.5. The molecular weight excluding hydrogens is 386 g/mol. The van der Waals surface area contributed by atoms with Crippen LogP contribution >= 0.6 is 11.6 Å². The van der Waals surface area contributed by atoms with Gasteiger partial charge in [0.25, 0.3) is 5.91 Å². The fourth-order valence-corrected chi connectivity index (χ4v) is 3.40. The summed E-state index contributed by atoms with van der Waals surface area (Å²) in [6.07, 6.45) is 4.40. The van der Waals surface area contributed by atoms with Gasteiger partial charge < -0.3 is 14.5 Å². The van der Waals surface area contributed by atoms with Gasteiger partial charge in [0, 0.05) is 29.5 Å². The number of imidazole rings is 1. The van der Waals surface area contributed by atoms with Crippen molar-refractivity contribution in [3.05, 3.63) is 89.3 Å². The summed E-state index contributed by atoms with van der Waals surface area (Å²) in [5.41, 5.74) is 4.13. The Hall–Kier alpha value is -3.31. The first-order valence-electron chi connectivity index (χ1n) is 9.29. The van der Waals surface area contributed by atoms with Gasteiger partial charge in [-0.3, -0.25) is 4.79 Å². The van der Waals surface area contributed by atoms with Crippen LogP contribution in [0.1, 0.15) is 16.1 Å². The number of nitrogens with one attached hydrogen (secondary N) is 1. The molecule has 0 aliphatic carbocycles. The zero-order valence-electron chi connectivity index (χ0n) is 15.9. The standard InChI is InChI=1S/C23H20ClN3O2/c1-29-18-9-6-16(7-10-18)12-13-25-23(28)21-15-27-14-17(8-11-22(27)26-21)19-4-2-3-5-20(19)24/h2-11,14-15H,12-13H2,1H3,(H,25,28). The third-order valence-electron chi connectivity index (χ3n) is 4.73. The van der Waals surface area contributed by atoms with Crippen LogP contribution in [0.25, 0.3) is 16.8 Å². The van der Waals surface area contributed by atoms with Crippen LogP contribution < -0.4 is 10.1 Å². The molecule has 29 heavy (non-hydrogen) atoms. The monoisotopic (exact) mass is 405 g/mol. The summed E-state index contributed by atoms with van der Waals surface area (Å²) in [6.45, 7) is 0.532. The second-order valence-electron chi connectivity index (χ2n) is 6.64. The molecule has 0 spiro atoms. The minimum atomic E-state index is -0.193. The highest BCUT2D eigenvalue weighted by molar-refractivity contribution is 6.33. The van der Waals surface area contributed by atoms with Crippen LogP contribution in [0.5, 0.6) is 5.75 Å². The van der Waals surface area contributed by atoms with Crippen LogP contribution in [0.2, 0.25) is 5.02 Å². The highest BCUT2D eigenvalue weighted by Gasteiger charge is 2.11. The van der Waals surface area contributed by atoms with Gasteiger partial charge >= 0.3 is 0 Å². The Morgan fingerprint density at radius 2 is 1.86 bits per heavy atom. The lowest BCUT2D eigenvalue weighted by Crippen LogP contribution is -2.25. The molecule has 2 aromatic heterocycles. The zero-order valence-corrected chi connectivity index (χ0v) is 16.7. The van der Waals surface area contributed by atoms with Gasteiger partial charge in [0.1, 0.15) is 17.1 Å². The second kappa shape index (κ2) is 8.37. The van der Waals surface area contributed by atoms with Gasteiger partial charge in [-0.05, 0) is 47.9 Å². The van der Waals surface area contributed by atoms with Crippen LogP contribution in [0, 0.1) is 0 Å². The molecule has 0 bridgehead atoms. The average Bonchev–Trinajstić information content (AvgIpc) is 3.18. The van der Waals surface area contributed by atoms with E-state index >= 15 is 0 Å². The third-order valence-corrected chi connectivity index (χ3v) is 5.06. The summed E-state index contributed by atoms with van der Waals surface area (Å²) in [6, 6.07) is 19.3. The van der Waals surface area contributed by atoms with Crippen molar-refractivity contribution in [2.24, 2.45) is 0 Å². The Morgan fingerprint density at radius 3 is 2.62 bits per heavy atom. The lowest BCUT2D eigenvalue weighted by Gasteiger charge is -2.05. The van der Waals surface area contributed by atoms with E-state index in [4.69, 9.17) is 16.3 Å². The number of hydrogen-bond acceptors (Lipinski definition) is 3. The van der Waals surface area contributed by atoms with Gasteiger partial charge in [-0.2, -0.15) is 0 Å². The highest BCUT2D eigenvalue weighted by Crippen LogP contribution is 2.27. The van der Waals surface area contributed by atoms with Crippen LogP contribution in [-0.2, 0) is 6.42 Å². The molecule has 0 atom stereocenters. The summed E-state index contributed by atoms with van der Waals surface area (Å²) in [5.74, 6) is 0.625. The molecule has 1 N–H and O–H groups in total. The number of methoxy groups -OCH3 is 1. The van der Waals surface area contributed by atoms with Crippen LogP contribution in [0.3, 0.4) is 0 Å². The lowest BCUT2D eigenvalue weighted by molar-refractivity contribution is 0.0950. The Kier molecular flexibility index (Phi) is 5.49. The molecule has 5 nitrogen and oxygen atoms in total. The van der Waals surface area contributed by atoms with Crippen LogP contribution in [-0.4, -0.2) is 28.9 Å². The fraction of sp³-hybridized carbons (Fsp3) is 0.130. The summed E-state index contributed by atoms with van der Waals surface area (Å²) in [7, 11) is 1.64. The van der Waals surface area contributed by atoms with Gasteiger partial charge in [0.05, 0.1) is 7.11 Å². The van der Waals surface area contributed by atoms with Crippen molar-refractivity contribution in [3.8, 4) is 16.9 Å². The van der Waals surface area contributed by atoms with Gasteiger partial charge in [0.2, 0.25) is 0 Å². The molecule has 0 saturated heterocycles. The number of nitrogens with zero attached hydrogens (tertiary/aromatic N) is 2. The van der Waals surface area contributed by atoms with Crippen molar-refractivity contribution >= 4 is 23.2 Å². The van der Waals surface area contributed by atoms with Crippen molar-refractivity contribution in [1.82, 2.24) is 14.7 Å². The Balaban J connectivity index is 1.44. The van der Waals surface area contributed by atoms with Crippen molar-refractivity contribution in [1.29, 1.82) is 0 Å². The maximum Gasteiger partial charge on any atom is 0.271 e. The number of fused-ring (bicyclic) bond motifs is 1. The van der Waals surface area contributed by atoms with E-state index in [0.29, 0.717) is 22.9 Å². The van der Waals surface area contributed by atoms with E-state index in [-0.39, 0.29) is 5.91 Å². The Morgan fingerprint density at radius 1 is 1.07 bits per heavy atom. The number of halogens is 1. The highest BCUT2D eigenvalue weighted by atomic mass is 35.5. The summed E-state index contributed by atoms with van der Waals surface area (Å²) in [4.78, 5) is 16.9. The van der Waals surface area contributed by atoms with E-state index < -0.39 is 0 Å². The van der Waals surface area contributed by atoms with Gasteiger partial charge in [0.15, 0.2) is 0 Å². The number of carbonyl (C=O) groups excluding carboxylic acids is 1. The Bertz CT molecular complexity index is 1150. The topological polar surface area (TPSA) is 55.6 Å². The molecule has 1 amide bonds. The van der Waals surface area contributed by atoms with Gasteiger partial charge in [-0.25, -0.2) is 4.98 Å². The van der Waals surface area contributed by atoms with E-state index in [2.05, 4.69) is 10.3 Å². The van der Waals surface area contributed by atoms with E-state index in [1.807, 2.05) is 71.3 Å². The number of aromatic nitrogens is 2. The number of benzene rings is 2. The molecule has 2 aromatic carbocycles. The van der Waals surface area contributed by atoms with E-state index in [1.54, 1.807) is 13.3 Å². The summed E-state index contributed by atoms with van der Waals surface area (Å²) >= 11 is 6.29. The Labute approximate surface area is 173 Å². The molecule has 4 rings (SSSR count). The minimum absolute atomic E-state index is 0.193. The SMILES string of the molecule is COc1ccc(CCNC(=O)c2cn3cc(-c4ccccc4Cl)ccc3n2)cc1. The molecule has 0 saturated carbocycles. The maximum atomic E-state index is 12.5. The molecule has 146 valence electrons. The van der Waals surface area contributed by atoms with E-state index in [0.717, 1.165) is 28.9 Å². The predicted octanol–water partition coefficient (Wildman–Crippen LogP) is 4.64. The number of pyridine rings is 1. The van der Waals surface area contributed by atoms with Crippen LogP contribution in [0.4, 0.5) is 0 Å². The molecule has 0 aliphatic rings.